The van der Waals surface area contributed by atoms with Crippen molar-refractivity contribution < 1.29 is 57.7 Å². The molecule has 20 heteroatoms. The van der Waals surface area contributed by atoms with Crippen molar-refractivity contribution in [1.29, 1.82) is 0 Å². The molecule has 4 aromatic rings. The molecule has 2 fully saturated rings. The van der Waals surface area contributed by atoms with E-state index in [1.807, 2.05) is 106 Å². The van der Waals surface area contributed by atoms with Crippen molar-refractivity contribution in [2.24, 2.45) is 17.8 Å². The molecule has 11 atom stereocenters. The molecule has 0 saturated carbocycles. The first kappa shape index (κ1) is 70.0. The van der Waals surface area contributed by atoms with Crippen LogP contribution < -0.4 is 20.7 Å². The Balaban J connectivity index is 1.45. The van der Waals surface area contributed by atoms with Gasteiger partial charge in [-0.25, -0.2) is 4.79 Å². The van der Waals surface area contributed by atoms with Gasteiger partial charge in [-0.3, -0.25) is 38.4 Å². The molecule has 0 spiro atoms. The molecule has 4 N–H and O–H groups in total. The molecule has 6 rings (SSSR count). The van der Waals surface area contributed by atoms with Crippen LogP contribution in [0.2, 0.25) is 0 Å². The SMILES string of the molecule is CCC(C)C1NC(=O)C2CCCN2C(=O)C(Cc2cccc(-c3ccc(OCc4ccccc4)cc3)c2)N(C)C(=O)C(Cc2ccccc2)NC(=O)[C@H](C)N(C)C(=O)[C@@H](C(C)CC)OC(=O)C(C(C)(C)O)N(C)C(=O)C(CC(C)C)NC(=O)[C@H](C)N(C)C1=O. The van der Waals surface area contributed by atoms with Gasteiger partial charge in [-0.1, -0.05) is 145 Å². The zero-order valence-electron chi connectivity index (χ0n) is 54.4. The van der Waals surface area contributed by atoms with E-state index in [0.717, 1.165) is 26.5 Å². The Labute approximate surface area is 525 Å². The van der Waals surface area contributed by atoms with Gasteiger partial charge >= 0.3 is 5.97 Å². The Morgan fingerprint density at radius 3 is 1.71 bits per heavy atom. The van der Waals surface area contributed by atoms with Crippen LogP contribution in [0.1, 0.15) is 118 Å². The quantitative estimate of drug-likeness (QED) is 0.0953. The van der Waals surface area contributed by atoms with Crippen molar-refractivity contribution in [3.8, 4) is 16.9 Å². The van der Waals surface area contributed by atoms with Gasteiger partial charge in [0.1, 0.15) is 54.6 Å². The molecular formula is C69H94N8O12. The predicted octanol–water partition coefficient (Wildman–Crippen LogP) is 6.35. The molecular weight excluding hydrogens is 1130 g/mol. The maximum Gasteiger partial charge on any atom is 0.332 e. The number of hydrogen-bond donors (Lipinski definition) is 4. The Hall–Kier alpha value is -8.13. The maximum absolute atomic E-state index is 15.7. The molecule has 0 aliphatic carbocycles. The fourth-order valence-electron chi connectivity index (χ4n) is 11.4. The number of nitrogens with one attached hydrogen (secondary N) is 3. The van der Waals surface area contributed by atoms with Gasteiger partial charge in [-0.15, -0.1) is 0 Å². The van der Waals surface area contributed by atoms with E-state index in [1.54, 1.807) is 45.0 Å². The summed E-state index contributed by atoms with van der Waals surface area (Å²) in [6.45, 7) is 16.9. The molecule has 4 aromatic carbocycles. The minimum atomic E-state index is -1.98. The monoisotopic (exact) mass is 1230 g/mol. The van der Waals surface area contributed by atoms with E-state index in [-0.39, 0.29) is 38.1 Å². The summed E-state index contributed by atoms with van der Waals surface area (Å²) in [6.07, 6.45) is -0.110. The molecule has 0 aromatic heterocycles. The summed E-state index contributed by atoms with van der Waals surface area (Å²) in [5, 5.41) is 20.3. The molecule has 2 aliphatic heterocycles. The predicted molar refractivity (Wildman–Crippen MR) is 339 cm³/mol. The summed E-state index contributed by atoms with van der Waals surface area (Å²) in [6, 6.07) is 23.7. The Morgan fingerprint density at radius 2 is 1.13 bits per heavy atom. The van der Waals surface area contributed by atoms with Crippen LogP contribution in [0.5, 0.6) is 5.75 Å². The second-order valence-corrected chi connectivity index (χ2v) is 25.2. The lowest BCUT2D eigenvalue weighted by molar-refractivity contribution is -0.177. The first-order chi connectivity index (χ1) is 42.1. The third kappa shape index (κ3) is 17.8. The lowest BCUT2D eigenvalue weighted by atomic mass is 9.94. The number of ether oxygens (including phenoxy) is 2. The van der Waals surface area contributed by atoms with Crippen LogP contribution in [-0.4, -0.2) is 178 Å². The van der Waals surface area contributed by atoms with Crippen molar-refractivity contribution in [3.05, 3.63) is 126 Å². The normalized spacial score (nSPS) is 24.6. The number of rotatable bonds is 15. The van der Waals surface area contributed by atoms with Crippen molar-refractivity contribution in [1.82, 2.24) is 40.4 Å². The number of benzene rings is 4. The van der Waals surface area contributed by atoms with Crippen LogP contribution in [0.15, 0.2) is 109 Å². The summed E-state index contributed by atoms with van der Waals surface area (Å²) in [4.78, 5) is 140. The minimum Gasteiger partial charge on any atom is -0.489 e. The summed E-state index contributed by atoms with van der Waals surface area (Å²) < 4.78 is 12.1. The lowest BCUT2D eigenvalue weighted by Crippen LogP contribution is -2.62. The molecule has 8 amide bonds. The van der Waals surface area contributed by atoms with Crippen LogP contribution in [0, 0.1) is 17.8 Å². The Kier molecular flexibility index (Phi) is 24.7. The topological polar surface area (TPSA) is 245 Å². The third-order valence-electron chi connectivity index (χ3n) is 17.6. The highest BCUT2D eigenvalue weighted by Gasteiger charge is 2.47. The molecule has 2 aliphatic rings. The van der Waals surface area contributed by atoms with Crippen molar-refractivity contribution in [3.63, 3.8) is 0 Å². The van der Waals surface area contributed by atoms with E-state index < -0.39 is 125 Å². The van der Waals surface area contributed by atoms with Crippen LogP contribution in [-0.2, 0) is 67.3 Å². The van der Waals surface area contributed by atoms with Crippen molar-refractivity contribution in [2.75, 3.05) is 34.7 Å². The summed E-state index contributed by atoms with van der Waals surface area (Å²) >= 11 is 0. The van der Waals surface area contributed by atoms with Gasteiger partial charge in [0.05, 0.1) is 5.60 Å². The average Bonchev–Trinajstić information content (AvgIpc) is 1.89. The molecule has 2 saturated heterocycles. The Bertz CT molecular complexity index is 3100. The van der Waals surface area contributed by atoms with Gasteiger partial charge < -0.3 is 55.0 Å². The molecule has 89 heavy (non-hydrogen) atoms. The van der Waals surface area contributed by atoms with E-state index >= 15 is 9.59 Å². The number of nitrogens with zero attached hydrogens (tertiary/aromatic N) is 5. The van der Waals surface area contributed by atoms with Gasteiger partial charge in [-0.2, -0.15) is 0 Å². The number of cyclic esters (lactones) is 1. The van der Waals surface area contributed by atoms with Gasteiger partial charge in [0.25, 0.3) is 5.91 Å². The van der Waals surface area contributed by atoms with Gasteiger partial charge in [-0.05, 0) is 105 Å². The number of esters is 1. The molecule has 0 radical (unpaired) electrons. The second kappa shape index (κ2) is 31.4. The van der Waals surface area contributed by atoms with E-state index in [4.69, 9.17) is 9.47 Å². The number of likely N-dealkylation sites (N-methyl/N-ethyl adjacent to an activating group) is 4. The first-order valence-corrected chi connectivity index (χ1v) is 31.2. The average molecular weight is 1230 g/mol. The molecule has 8 unspecified atom stereocenters. The number of amides is 8. The maximum atomic E-state index is 15.7. The third-order valence-corrected chi connectivity index (χ3v) is 17.6. The second-order valence-electron chi connectivity index (χ2n) is 25.2. The highest BCUT2D eigenvalue weighted by Crippen LogP contribution is 2.29. The fourth-order valence-corrected chi connectivity index (χ4v) is 11.4. The van der Waals surface area contributed by atoms with Crippen LogP contribution >= 0.6 is 0 Å². The van der Waals surface area contributed by atoms with Crippen molar-refractivity contribution in [2.45, 2.75) is 181 Å². The van der Waals surface area contributed by atoms with Gasteiger partial charge in [0, 0.05) is 53.5 Å². The number of hydrogen-bond acceptors (Lipinski definition) is 12. The summed E-state index contributed by atoms with van der Waals surface area (Å²) in [5.41, 5.74) is 2.08. The minimum absolute atomic E-state index is 0.0279. The van der Waals surface area contributed by atoms with E-state index in [9.17, 15) is 38.7 Å². The highest BCUT2D eigenvalue weighted by molar-refractivity contribution is 5.99. The van der Waals surface area contributed by atoms with Crippen molar-refractivity contribution >= 4 is 53.2 Å². The Morgan fingerprint density at radius 1 is 0.584 bits per heavy atom. The summed E-state index contributed by atoms with van der Waals surface area (Å²) in [5.74, 6) is -7.19. The van der Waals surface area contributed by atoms with E-state index in [1.165, 1.54) is 70.6 Å². The number of carbonyl (C=O) groups is 9. The van der Waals surface area contributed by atoms with Crippen LogP contribution in [0.4, 0.5) is 0 Å². The lowest BCUT2D eigenvalue weighted by Gasteiger charge is -2.39. The van der Waals surface area contributed by atoms with E-state index in [2.05, 4.69) is 16.0 Å². The molecule has 482 valence electrons. The highest BCUT2D eigenvalue weighted by atomic mass is 16.6. The number of fused-ring (bicyclic) bond motifs is 1. The van der Waals surface area contributed by atoms with Crippen LogP contribution in [0.25, 0.3) is 11.1 Å². The first-order valence-electron chi connectivity index (χ1n) is 31.2. The van der Waals surface area contributed by atoms with Crippen LogP contribution in [0.3, 0.4) is 0 Å². The zero-order chi connectivity index (χ0) is 65.6. The summed E-state index contributed by atoms with van der Waals surface area (Å²) in [7, 11) is 5.56. The smallest absolute Gasteiger partial charge is 0.332 e. The molecule has 0 bridgehead atoms. The van der Waals surface area contributed by atoms with E-state index in [0.29, 0.717) is 42.7 Å². The molecule has 20 nitrogen and oxygen atoms in total. The zero-order valence-corrected chi connectivity index (χ0v) is 54.4. The van der Waals surface area contributed by atoms with Gasteiger partial charge in [0.15, 0.2) is 12.1 Å². The fraction of sp³-hybridized carbons (Fsp3) is 0.522. The van der Waals surface area contributed by atoms with Gasteiger partial charge in [0.2, 0.25) is 41.4 Å². The number of aliphatic hydroxyl groups is 1. The standard InChI is InChI=1S/C69H94N8O12/c1-15-43(5)57-66(84)73(11)45(7)60(78)70-53(37-42(3)4)64(82)76(14)59(69(9,10)87)68(86)89-58(44(6)16-2)67(85)74(12)46(8)61(79)71-54(39-47-25-19-17-20-26-47)63(81)75(13)56(65(83)77-36-24-31-55(77)62(80)72-57)40-49-29-23-30-51(38-49)50-32-34-52(35-33-50)88-41-48-27-21-18-22-28-48/h17-23,25-30,32-35,38,42-46,53-59,87H,15-16,24,31,36-37,39-41H2,1-14H3,(H,70,78)(H,71,79)(H,72,80)/t43?,44?,45-,46-,53?,54?,55?,56?,57?,58+,59?/m0/s1. The number of carbonyl (C=O) groups excluding carboxylic acids is 9. The molecule has 2 heterocycles. The largest absolute Gasteiger partial charge is 0.489 e.